The first kappa shape index (κ1) is 21.2. The Balaban J connectivity index is 2.04. The zero-order valence-corrected chi connectivity index (χ0v) is 16.8. The Morgan fingerprint density at radius 3 is 2.32 bits per heavy atom. The van der Waals surface area contributed by atoms with Crippen molar-refractivity contribution in [1.29, 1.82) is 0 Å². The standard InChI is InChI=1S/C22H26N2O4/c1-13(2)23-22(27)20-10-9-18(11-14(20)3)24-21(26)16(5)28-19-8-6-7-17(12-19)15(4)25/h6-13,16H,1-5H3,(H,23,27)(H,24,26). The van der Waals surface area contributed by atoms with Crippen LogP contribution in [0.2, 0.25) is 0 Å². The fourth-order valence-electron chi connectivity index (χ4n) is 2.63. The maximum absolute atomic E-state index is 12.4. The van der Waals surface area contributed by atoms with Crippen LogP contribution < -0.4 is 15.4 Å². The molecule has 2 aromatic rings. The Kier molecular flexibility index (Phi) is 6.93. The maximum atomic E-state index is 12.4. The van der Waals surface area contributed by atoms with Crippen molar-refractivity contribution in [1.82, 2.24) is 5.32 Å². The highest BCUT2D eigenvalue weighted by atomic mass is 16.5. The zero-order chi connectivity index (χ0) is 20.8. The third kappa shape index (κ3) is 5.67. The lowest BCUT2D eigenvalue weighted by molar-refractivity contribution is -0.122. The fourth-order valence-corrected chi connectivity index (χ4v) is 2.63. The molecule has 0 aromatic heterocycles. The molecule has 0 spiro atoms. The molecule has 28 heavy (non-hydrogen) atoms. The molecule has 1 atom stereocenters. The van der Waals surface area contributed by atoms with E-state index in [2.05, 4.69) is 10.6 Å². The van der Waals surface area contributed by atoms with Crippen molar-refractivity contribution in [2.24, 2.45) is 0 Å². The van der Waals surface area contributed by atoms with Gasteiger partial charge < -0.3 is 15.4 Å². The number of carbonyl (C=O) groups excluding carboxylic acids is 3. The summed E-state index contributed by atoms with van der Waals surface area (Å²) in [4.78, 5) is 36.0. The average molecular weight is 382 g/mol. The minimum absolute atomic E-state index is 0.0470. The Hall–Kier alpha value is -3.15. The van der Waals surface area contributed by atoms with Crippen LogP contribution in [0.1, 0.15) is 54.0 Å². The molecule has 0 saturated carbocycles. The summed E-state index contributed by atoms with van der Waals surface area (Å²) in [6.07, 6.45) is -0.758. The van der Waals surface area contributed by atoms with Gasteiger partial charge in [-0.2, -0.15) is 0 Å². The van der Waals surface area contributed by atoms with Gasteiger partial charge in [0.05, 0.1) is 0 Å². The highest BCUT2D eigenvalue weighted by molar-refractivity contribution is 5.98. The van der Waals surface area contributed by atoms with Crippen molar-refractivity contribution >= 4 is 23.3 Å². The largest absolute Gasteiger partial charge is 0.481 e. The van der Waals surface area contributed by atoms with Gasteiger partial charge in [-0.25, -0.2) is 0 Å². The number of anilines is 1. The number of ketones is 1. The third-order valence-electron chi connectivity index (χ3n) is 4.08. The summed E-state index contributed by atoms with van der Waals surface area (Å²) in [6, 6.07) is 11.9. The van der Waals surface area contributed by atoms with E-state index in [9.17, 15) is 14.4 Å². The first-order valence-corrected chi connectivity index (χ1v) is 9.17. The number of ether oxygens (including phenoxy) is 1. The number of Topliss-reactive ketones (excluding diaryl/α,β-unsaturated/α-hetero) is 1. The predicted octanol–water partition coefficient (Wildman–Crippen LogP) is 3.74. The molecule has 2 amide bonds. The number of hydrogen-bond donors (Lipinski definition) is 2. The second kappa shape index (κ2) is 9.17. The smallest absolute Gasteiger partial charge is 0.265 e. The second-order valence-corrected chi connectivity index (χ2v) is 6.99. The lowest BCUT2D eigenvalue weighted by Crippen LogP contribution is -2.31. The van der Waals surface area contributed by atoms with Crippen LogP contribution in [0.25, 0.3) is 0 Å². The van der Waals surface area contributed by atoms with E-state index in [1.54, 1.807) is 49.4 Å². The lowest BCUT2D eigenvalue weighted by Gasteiger charge is -2.16. The molecule has 1 unspecified atom stereocenters. The molecule has 0 aliphatic carbocycles. The molecular formula is C22H26N2O4. The molecule has 6 heteroatoms. The minimum atomic E-state index is -0.758. The molecule has 0 heterocycles. The monoisotopic (exact) mass is 382 g/mol. The average Bonchev–Trinajstić information content (AvgIpc) is 2.61. The molecule has 0 aliphatic heterocycles. The molecule has 2 aromatic carbocycles. The van der Waals surface area contributed by atoms with Gasteiger partial charge >= 0.3 is 0 Å². The summed E-state index contributed by atoms with van der Waals surface area (Å²) in [5.74, 6) is -0.0914. The van der Waals surface area contributed by atoms with Gasteiger partial charge in [0.15, 0.2) is 11.9 Å². The molecule has 6 nitrogen and oxygen atoms in total. The highest BCUT2D eigenvalue weighted by Gasteiger charge is 2.17. The van der Waals surface area contributed by atoms with Crippen LogP contribution in [0.4, 0.5) is 5.69 Å². The van der Waals surface area contributed by atoms with Crippen molar-refractivity contribution in [2.45, 2.75) is 46.8 Å². The van der Waals surface area contributed by atoms with Crippen LogP contribution in [-0.4, -0.2) is 29.7 Å². The normalized spacial score (nSPS) is 11.6. The molecule has 0 radical (unpaired) electrons. The maximum Gasteiger partial charge on any atom is 0.265 e. The van der Waals surface area contributed by atoms with Crippen molar-refractivity contribution in [3.63, 3.8) is 0 Å². The Labute approximate surface area is 165 Å². The Morgan fingerprint density at radius 1 is 1.00 bits per heavy atom. The molecular weight excluding hydrogens is 356 g/mol. The number of hydrogen-bond acceptors (Lipinski definition) is 4. The number of rotatable bonds is 7. The van der Waals surface area contributed by atoms with E-state index >= 15 is 0 Å². The van der Waals surface area contributed by atoms with Crippen molar-refractivity contribution in [2.75, 3.05) is 5.32 Å². The first-order valence-electron chi connectivity index (χ1n) is 9.17. The van der Waals surface area contributed by atoms with Gasteiger partial charge in [0.2, 0.25) is 0 Å². The van der Waals surface area contributed by atoms with E-state index in [0.29, 0.717) is 22.6 Å². The van der Waals surface area contributed by atoms with Crippen LogP contribution in [0.15, 0.2) is 42.5 Å². The van der Waals surface area contributed by atoms with Crippen LogP contribution in [0, 0.1) is 6.92 Å². The molecule has 0 saturated heterocycles. The quantitative estimate of drug-likeness (QED) is 0.715. The first-order chi connectivity index (χ1) is 13.2. The molecule has 148 valence electrons. The van der Waals surface area contributed by atoms with Gasteiger partial charge in [-0.3, -0.25) is 14.4 Å². The molecule has 0 bridgehead atoms. The Bertz CT molecular complexity index is 890. The van der Waals surface area contributed by atoms with Gasteiger partial charge in [-0.15, -0.1) is 0 Å². The number of carbonyl (C=O) groups is 3. The van der Waals surface area contributed by atoms with Crippen molar-refractivity contribution in [3.05, 3.63) is 59.2 Å². The van der Waals surface area contributed by atoms with E-state index in [-0.39, 0.29) is 23.6 Å². The lowest BCUT2D eigenvalue weighted by atomic mass is 10.1. The number of aryl methyl sites for hydroxylation is 1. The second-order valence-electron chi connectivity index (χ2n) is 6.99. The van der Waals surface area contributed by atoms with Gasteiger partial charge in [0, 0.05) is 22.9 Å². The number of nitrogens with one attached hydrogen (secondary N) is 2. The minimum Gasteiger partial charge on any atom is -0.481 e. The Morgan fingerprint density at radius 2 is 1.71 bits per heavy atom. The van der Waals surface area contributed by atoms with Crippen LogP contribution in [-0.2, 0) is 4.79 Å². The predicted molar refractivity (Wildman–Crippen MR) is 109 cm³/mol. The third-order valence-corrected chi connectivity index (χ3v) is 4.08. The van der Waals surface area contributed by atoms with E-state index in [1.807, 2.05) is 20.8 Å². The SMILES string of the molecule is CC(=O)c1cccc(OC(C)C(=O)Nc2ccc(C(=O)NC(C)C)c(C)c2)c1. The summed E-state index contributed by atoms with van der Waals surface area (Å²) >= 11 is 0. The molecule has 2 rings (SSSR count). The highest BCUT2D eigenvalue weighted by Crippen LogP contribution is 2.18. The molecule has 2 N–H and O–H groups in total. The van der Waals surface area contributed by atoms with Gasteiger partial charge in [0.25, 0.3) is 11.8 Å². The summed E-state index contributed by atoms with van der Waals surface area (Å²) in [5, 5.41) is 5.63. The number of benzene rings is 2. The van der Waals surface area contributed by atoms with E-state index in [1.165, 1.54) is 6.92 Å². The summed E-state index contributed by atoms with van der Waals surface area (Å²) in [7, 11) is 0. The van der Waals surface area contributed by atoms with Gasteiger partial charge in [0.1, 0.15) is 5.75 Å². The van der Waals surface area contributed by atoms with Crippen molar-refractivity contribution < 1.29 is 19.1 Å². The summed E-state index contributed by atoms with van der Waals surface area (Å²) in [6.45, 7) is 8.72. The zero-order valence-electron chi connectivity index (χ0n) is 16.8. The topological polar surface area (TPSA) is 84.5 Å². The van der Waals surface area contributed by atoms with Crippen LogP contribution in [0.5, 0.6) is 5.75 Å². The summed E-state index contributed by atoms with van der Waals surface area (Å²) in [5.41, 5.74) is 2.43. The molecule has 0 aliphatic rings. The summed E-state index contributed by atoms with van der Waals surface area (Å²) < 4.78 is 5.65. The van der Waals surface area contributed by atoms with Crippen molar-refractivity contribution in [3.8, 4) is 5.75 Å². The van der Waals surface area contributed by atoms with Gasteiger partial charge in [-0.1, -0.05) is 12.1 Å². The molecule has 0 fully saturated rings. The van der Waals surface area contributed by atoms with Crippen LogP contribution in [0.3, 0.4) is 0 Å². The fraction of sp³-hybridized carbons (Fsp3) is 0.318. The van der Waals surface area contributed by atoms with Gasteiger partial charge in [-0.05, 0) is 70.5 Å². The van der Waals surface area contributed by atoms with E-state index in [4.69, 9.17) is 4.74 Å². The van der Waals surface area contributed by atoms with E-state index in [0.717, 1.165) is 5.56 Å². The van der Waals surface area contributed by atoms with E-state index < -0.39 is 6.10 Å². The number of amides is 2. The van der Waals surface area contributed by atoms with Crippen LogP contribution >= 0.6 is 0 Å².